The number of nitrogens with zero attached hydrogens (tertiary/aromatic N) is 3. The fourth-order valence-corrected chi connectivity index (χ4v) is 3.85. The van der Waals surface area contributed by atoms with Crippen molar-refractivity contribution in [2.75, 3.05) is 31.8 Å². The highest BCUT2D eigenvalue weighted by molar-refractivity contribution is 7.91. The van der Waals surface area contributed by atoms with Crippen molar-refractivity contribution < 1.29 is 17.9 Å². The molecule has 1 amide bonds. The van der Waals surface area contributed by atoms with Crippen LogP contribution in [-0.2, 0) is 32.5 Å². The van der Waals surface area contributed by atoms with Crippen molar-refractivity contribution in [2.45, 2.75) is 32.4 Å². The van der Waals surface area contributed by atoms with E-state index < -0.39 is 15.6 Å². The molecule has 1 aliphatic carbocycles. The van der Waals surface area contributed by atoms with E-state index in [1.165, 1.54) is 19.3 Å². The van der Waals surface area contributed by atoms with Crippen molar-refractivity contribution >= 4 is 15.7 Å². The Morgan fingerprint density at radius 2 is 2.04 bits per heavy atom. The van der Waals surface area contributed by atoms with Gasteiger partial charge in [0.2, 0.25) is 5.91 Å². The lowest BCUT2D eigenvalue weighted by atomic mass is 9.86. The Labute approximate surface area is 142 Å². The van der Waals surface area contributed by atoms with Crippen LogP contribution in [0.5, 0.6) is 0 Å². The van der Waals surface area contributed by atoms with Crippen LogP contribution in [0.4, 0.5) is 0 Å². The summed E-state index contributed by atoms with van der Waals surface area (Å²) in [6.45, 7) is 3.01. The van der Waals surface area contributed by atoms with Gasteiger partial charge in [0.15, 0.2) is 9.84 Å². The van der Waals surface area contributed by atoms with Crippen molar-refractivity contribution in [3.63, 3.8) is 0 Å². The minimum absolute atomic E-state index is 0.143. The minimum atomic E-state index is -3.33. The van der Waals surface area contributed by atoms with E-state index in [1.54, 1.807) is 17.4 Å². The monoisotopic (exact) mass is 355 g/mol. The first-order valence-electron chi connectivity index (χ1n) is 8.43. The van der Waals surface area contributed by atoms with Crippen LogP contribution >= 0.6 is 0 Å². The molecule has 8 heteroatoms. The highest BCUT2D eigenvalue weighted by atomic mass is 32.2. The largest absolute Gasteiger partial charge is 0.381 e. The first-order valence-corrected chi connectivity index (χ1v) is 10.5. The molecule has 2 aliphatic rings. The van der Waals surface area contributed by atoms with Gasteiger partial charge in [-0.05, 0) is 18.8 Å². The average Bonchev–Trinajstić information content (AvgIpc) is 2.78. The van der Waals surface area contributed by atoms with Crippen LogP contribution in [0.3, 0.4) is 0 Å². The van der Waals surface area contributed by atoms with Crippen LogP contribution in [-0.4, -0.2) is 60.5 Å². The third-order valence-electron chi connectivity index (χ3n) is 4.76. The Morgan fingerprint density at radius 3 is 2.71 bits per heavy atom. The molecule has 24 heavy (non-hydrogen) atoms. The molecule has 0 spiro atoms. The van der Waals surface area contributed by atoms with E-state index >= 15 is 0 Å². The van der Waals surface area contributed by atoms with Crippen molar-refractivity contribution in [3.05, 3.63) is 18.2 Å². The number of rotatable bonds is 6. The summed E-state index contributed by atoms with van der Waals surface area (Å²) >= 11 is 0. The van der Waals surface area contributed by atoms with E-state index in [1.807, 2.05) is 4.57 Å². The number of hydrogen-bond acceptors (Lipinski definition) is 5. The fraction of sp³-hybridized carbons (Fsp3) is 0.750. The maximum absolute atomic E-state index is 12.4. The molecule has 3 rings (SSSR count). The number of carbonyl (C=O) groups is 1. The van der Waals surface area contributed by atoms with Gasteiger partial charge in [-0.1, -0.05) is 6.42 Å². The third-order valence-corrected chi connectivity index (χ3v) is 5.53. The second-order valence-corrected chi connectivity index (χ2v) is 9.22. The Hall–Kier alpha value is -1.41. The van der Waals surface area contributed by atoms with Crippen molar-refractivity contribution in [2.24, 2.45) is 11.8 Å². The van der Waals surface area contributed by atoms with Crippen LogP contribution in [0.25, 0.3) is 0 Å². The van der Waals surface area contributed by atoms with Gasteiger partial charge in [-0.2, -0.15) is 0 Å². The lowest BCUT2D eigenvalue weighted by Gasteiger charge is -2.27. The van der Waals surface area contributed by atoms with E-state index in [0.29, 0.717) is 25.6 Å². The highest BCUT2D eigenvalue weighted by Gasteiger charge is 2.27. The SMILES string of the molecule is CS(=O)(=O)CC(=O)N1Cc2cncn2CC(COCC2CCC2)C1. The predicted molar refractivity (Wildman–Crippen MR) is 89.0 cm³/mol. The first-order chi connectivity index (χ1) is 11.4. The van der Waals surface area contributed by atoms with E-state index in [9.17, 15) is 13.2 Å². The van der Waals surface area contributed by atoms with Crippen LogP contribution in [0.1, 0.15) is 25.0 Å². The van der Waals surface area contributed by atoms with Crippen LogP contribution in [0, 0.1) is 11.8 Å². The minimum Gasteiger partial charge on any atom is -0.381 e. The van der Waals surface area contributed by atoms with Crippen molar-refractivity contribution in [1.82, 2.24) is 14.5 Å². The van der Waals surface area contributed by atoms with Gasteiger partial charge in [0.1, 0.15) is 5.75 Å². The summed E-state index contributed by atoms with van der Waals surface area (Å²) in [6.07, 6.45) is 8.37. The lowest BCUT2D eigenvalue weighted by Crippen LogP contribution is -2.38. The molecule has 2 heterocycles. The summed E-state index contributed by atoms with van der Waals surface area (Å²) < 4.78 is 30.8. The maximum atomic E-state index is 12.4. The molecule has 1 unspecified atom stereocenters. The summed E-state index contributed by atoms with van der Waals surface area (Å²) in [7, 11) is -3.33. The van der Waals surface area contributed by atoms with Gasteiger partial charge in [-0.15, -0.1) is 0 Å². The summed E-state index contributed by atoms with van der Waals surface area (Å²) in [5.41, 5.74) is 0.929. The van der Waals surface area contributed by atoms with Gasteiger partial charge in [-0.25, -0.2) is 13.4 Å². The van der Waals surface area contributed by atoms with Gasteiger partial charge in [0.05, 0.1) is 25.2 Å². The number of fused-ring (bicyclic) bond motifs is 1. The van der Waals surface area contributed by atoms with E-state index in [2.05, 4.69) is 4.98 Å². The van der Waals surface area contributed by atoms with Gasteiger partial charge < -0.3 is 14.2 Å². The number of aromatic nitrogens is 2. The summed E-state index contributed by atoms with van der Waals surface area (Å²) in [5, 5.41) is 0. The molecule has 1 aromatic heterocycles. The van der Waals surface area contributed by atoms with Crippen molar-refractivity contribution in [3.8, 4) is 0 Å². The zero-order valence-corrected chi connectivity index (χ0v) is 14.9. The molecule has 1 aliphatic heterocycles. The Kier molecular flexibility index (Phi) is 5.24. The molecular weight excluding hydrogens is 330 g/mol. The molecule has 1 atom stereocenters. The predicted octanol–water partition coefficient (Wildman–Crippen LogP) is 0.703. The van der Waals surface area contributed by atoms with E-state index in [-0.39, 0.29) is 11.8 Å². The molecule has 7 nitrogen and oxygen atoms in total. The second-order valence-electron chi connectivity index (χ2n) is 7.08. The molecule has 1 aromatic rings. The Bertz CT molecular complexity index is 681. The van der Waals surface area contributed by atoms with E-state index in [0.717, 1.165) is 25.1 Å². The molecule has 0 bridgehead atoms. The lowest BCUT2D eigenvalue weighted by molar-refractivity contribution is -0.129. The quantitative estimate of drug-likeness (QED) is 0.750. The Morgan fingerprint density at radius 1 is 1.29 bits per heavy atom. The normalized spacial score (nSPS) is 21.9. The number of amides is 1. The zero-order valence-electron chi connectivity index (χ0n) is 14.1. The zero-order chi connectivity index (χ0) is 17.2. The topological polar surface area (TPSA) is 81.5 Å². The molecule has 0 N–H and O–H groups in total. The van der Waals surface area contributed by atoms with Crippen molar-refractivity contribution in [1.29, 1.82) is 0 Å². The molecule has 134 valence electrons. The third kappa shape index (κ3) is 4.57. The number of sulfone groups is 1. The van der Waals surface area contributed by atoms with Crippen LogP contribution in [0.2, 0.25) is 0 Å². The highest BCUT2D eigenvalue weighted by Crippen LogP contribution is 2.26. The number of carbonyl (C=O) groups excluding carboxylic acids is 1. The second kappa shape index (κ2) is 7.23. The van der Waals surface area contributed by atoms with Gasteiger partial charge in [0.25, 0.3) is 0 Å². The summed E-state index contributed by atoms with van der Waals surface area (Å²) in [5.74, 6) is 0.0271. The van der Waals surface area contributed by atoms with Crippen LogP contribution < -0.4 is 0 Å². The number of hydrogen-bond donors (Lipinski definition) is 0. The maximum Gasteiger partial charge on any atom is 0.238 e. The Balaban J connectivity index is 1.64. The smallest absolute Gasteiger partial charge is 0.238 e. The van der Waals surface area contributed by atoms with E-state index in [4.69, 9.17) is 4.74 Å². The first kappa shape index (κ1) is 17.4. The average molecular weight is 355 g/mol. The molecule has 1 saturated carbocycles. The van der Waals surface area contributed by atoms with Gasteiger partial charge >= 0.3 is 0 Å². The standard InChI is InChI=1S/C16H25N3O4S/c1-24(21,22)11-16(20)18-6-14(10-23-9-13-3-2-4-13)7-19-12-17-5-15(19)8-18/h5,12-14H,2-4,6-11H2,1H3. The van der Waals surface area contributed by atoms with Crippen LogP contribution in [0.15, 0.2) is 12.5 Å². The summed E-state index contributed by atoms with van der Waals surface area (Å²) in [6, 6.07) is 0. The van der Waals surface area contributed by atoms with Gasteiger partial charge in [0, 0.05) is 38.1 Å². The van der Waals surface area contributed by atoms with Gasteiger partial charge in [-0.3, -0.25) is 4.79 Å². The number of imidazole rings is 1. The number of ether oxygens (including phenoxy) is 1. The summed E-state index contributed by atoms with van der Waals surface area (Å²) in [4.78, 5) is 18.1. The molecular formula is C16H25N3O4S. The molecule has 0 aromatic carbocycles. The molecule has 0 saturated heterocycles. The molecule has 1 fully saturated rings. The fourth-order valence-electron chi connectivity index (χ4n) is 3.22. The molecule has 0 radical (unpaired) electrons.